The number of hydrogen-bond acceptors (Lipinski definition) is 8. The minimum Gasteiger partial charge on any atom is -0.490 e. The zero-order valence-corrected chi connectivity index (χ0v) is 22.2. The summed E-state index contributed by atoms with van der Waals surface area (Å²) in [4.78, 5) is 20.3. The first kappa shape index (κ1) is 26.4. The minimum atomic E-state index is -2.71. The second kappa shape index (κ2) is 10.9. The standard InChI is InChI=1S/C27H36F2N6O3/c1-17(36)33-7-4-23-22(16-33)27(32(3)35(23)19-5-9-37-10-6-19)34-8-11-38-25-13-20(18(14-30)15-31-2)21(26(28)29)12-24(25)34/h12-15,19,26-27H,4-11,16,30H2,1-3H3. The van der Waals surface area contributed by atoms with E-state index in [4.69, 9.17) is 15.2 Å². The normalized spacial score (nSPS) is 23.4. The molecule has 4 aliphatic heterocycles. The SMILES string of the molecule is CN=CC(=CN)c1cc2c(cc1C(F)F)N(C1C3=C(CCN(C(C)=O)C3)N(C3CCOCC3)N1C)CCO2. The highest BCUT2D eigenvalue weighted by atomic mass is 19.3. The Hall–Kier alpha value is -3.18. The first-order chi connectivity index (χ1) is 18.3. The molecule has 1 unspecified atom stereocenters. The highest BCUT2D eigenvalue weighted by Crippen LogP contribution is 2.45. The Bertz CT molecular complexity index is 1160. The largest absolute Gasteiger partial charge is 0.490 e. The third-order valence-corrected chi connectivity index (χ3v) is 7.93. The summed E-state index contributed by atoms with van der Waals surface area (Å²) >= 11 is 0. The first-order valence-electron chi connectivity index (χ1n) is 13.1. The molecule has 1 aromatic rings. The van der Waals surface area contributed by atoms with Gasteiger partial charge in [0.25, 0.3) is 6.43 Å². The van der Waals surface area contributed by atoms with Crippen LogP contribution in [-0.4, -0.2) is 92.8 Å². The molecule has 1 amide bonds. The fourth-order valence-corrected chi connectivity index (χ4v) is 6.19. The van der Waals surface area contributed by atoms with Crippen molar-refractivity contribution in [2.75, 3.05) is 58.5 Å². The third-order valence-electron chi connectivity index (χ3n) is 7.93. The van der Waals surface area contributed by atoms with Crippen LogP contribution in [0.15, 0.2) is 34.6 Å². The number of nitrogens with two attached hydrogens (primary N) is 1. The van der Waals surface area contributed by atoms with E-state index in [-0.39, 0.29) is 23.7 Å². The summed E-state index contributed by atoms with van der Waals surface area (Å²) in [6, 6.07) is 3.46. The molecule has 0 aliphatic carbocycles. The van der Waals surface area contributed by atoms with Crippen LogP contribution in [-0.2, 0) is 9.53 Å². The number of amides is 1. The molecule has 4 heterocycles. The van der Waals surface area contributed by atoms with E-state index >= 15 is 0 Å². The summed E-state index contributed by atoms with van der Waals surface area (Å²) in [7, 11) is 3.63. The Morgan fingerprint density at radius 1 is 1.21 bits per heavy atom. The summed E-state index contributed by atoms with van der Waals surface area (Å²) in [5.74, 6) is 0.562. The van der Waals surface area contributed by atoms with Crippen LogP contribution in [0.4, 0.5) is 14.5 Å². The van der Waals surface area contributed by atoms with Crippen molar-refractivity contribution in [3.8, 4) is 5.75 Å². The number of hydrazine groups is 1. The van der Waals surface area contributed by atoms with Crippen LogP contribution in [0.5, 0.6) is 5.75 Å². The van der Waals surface area contributed by atoms with Crippen molar-refractivity contribution in [2.45, 2.75) is 44.8 Å². The first-order valence-corrected chi connectivity index (χ1v) is 13.1. The van der Waals surface area contributed by atoms with E-state index < -0.39 is 6.43 Å². The van der Waals surface area contributed by atoms with Gasteiger partial charge in [-0.05, 0) is 30.5 Å². The lowest BCUT2D eigenvalue weighted by Gasteiger charge is -2.44. The van der Waals surface area contributed by atoms with Crippen molar-refractivity contribution in [2.24, 2.45) is 10.7 Å². The zero-order valence-electron chi connectivity index (χ0n) is 22.2. The van der Waals surface area contributed by atoms with Crippen LogP contribution < -0.4 is 15.4 Å². The summed E-state index contributed by atoms with van der Waals surface area (Å²) in [5.41, 5.74) is 9.33. The average Bonchev–Trinajstić information content (AvgIpc) is 3.21. The molecule has 1 aromatic carbocycles. The smallest absolute Gasteiger partial charge is 0.264 e. The van der Waals surface area contributed by atoms with Crippen LogP contribution in [0.1, 0.15) is 43.7 Å². The van der Waals surface area contributed by atoms with E-state index in [1.165, 1.54) is 24.2 Å². The molecule has 4 aliphatic rings. The Balaban J connectivity index is 1.59. The fourth-order valence-electron chi connectivity index (χ4n) is 6.19. The third kappa shape index (κ3) is 4.62. The number of likely N-dealkylation sites (N-methyl/N-ethyl adjacent to an activating group) is 1. The number of anilines is 1. The minimum absolute atomic E-state index is 0.0353. The molecule has 9 nitrogen and oxygen atoms in total. The summed E-state index contributed by atoms with van der Waals surface area (Å²) in [6.07, 6.45) is 2.40. The molecular weight excluding hydrogens is 494 g/mol. The van der Waals surface area contributed by atoms with Gasteiger partial charge in [-0.3, -0.25) is 9.79 Å². The maximum atomic E-state index is 14.4. The number of hydrogen-bond donors (Lipinski definition) is 1. The lowest BCUT2D eigenvalue weighted by Crippen LogP contribution is -2.55. The molecular formula is C27H36F2N6O3. The molecule has 0 saturated carbocycles. The molecule has 1 atom stereocenters. The number of aliphatic imine (C=N–C) groups is 1. The van der Waals surface area contributed by atoms with Crippen molar-refractivity contribution < 1.29 is 23.0 Å². The van der Waals surface area contributed by atoms with E-state index in [9.17, 15) is 13.6 Å². The van der Waals surface area contributed by atoms with E-state index in [2.05, 4.69) is 27.0 Å². The number of halogens is 2. The number of allylic oxidation sites excluding steroid dienone is 1. The van der Waals surface area contributed by atoms with Crippen molar-refractivity contribution >= 4 is 23.4 Å². The molecule has 1 saturated heterocycles. The summed E-state index contributed by atoms with van der Waals surface area (Å²) in [6.45, 7) is 5.13. The van der Waals surface area contributed by atoms with E-state index in [1.54, 1.807) is 20.0 Å². The molecule has 38 heavy (non-hydrogen) atoms. The summed E-state index contributed by atoms with van der Waals surface area (Å²) in [5, 5.41) is 4.61. The van der Waals surface area contributed by atoms with E-state index in [0.29, 0.717) is 62.0 Å². The number of benzene rings is 1. The summed E-state index contributed by atoms with van der Waals surface area (Å²) < 4.78 is 40.4. The van der Waals surface area contributed by atoms with Gasteiger partial charge in [0.15, 0.2) is 0 Å². The number of alkyl halides is 2. The Labute approximate surface area is 222 Å². The lowest BCUT2D eigenvalue weighted by atomic mass is 9.97. The van der Waals surface area contributed by atoms with Gasteiger partial charge in [-0.1, -0.05) is 0 Å². The van der Waals surface area contributed by atoms with Crippen molar-refractivity contribution in [3.05, 3.63) is 40.7 Å². The monoisotopic (exact) mass is 530 g/mol. The molecule has 0 aromatic heterocycles. The lowest BCUT2D eigenvalue weighted by molar-refractivity contribution is -0.128. The molecule has 1 fully saturated rings. The predicted molar refractivity (Wildman–Crippen MR) is 142 cm³/mol. The van der Waals surface area contributed by atoms with Gasteiger partial charge in [0.05, 0.1) is 12.2 Å². The number of ether oxygens (including phenoxy) is 2. The van der Waals surface area contributed by atoms with Crippen LogP contribution in [0.25, 0.3) is 5.57 Å². The maximum Gasteiger partial charge on any atom is 0.264 e. The van der Waals surface area contributed by atoms with Crippen LogP contribution in [0, 0.1) is 0 Å². The van der Waals surface area contributed by atoms with E-state index in [0.717, 1.165) is 24.8 Å². The van der Waals surface area contributed by atoms with Crippen LogP contribution in [0.2, 0.25) is 0 Å². The Kier molecular flexibility index (Phi) is 7.58. The van der Waals surface area contributed by atoms with Crippen molar-refractivity contribution in [1.29, 1.82) is 0 Å². The predicted octanol–water partition coefficient (Wildman–Crippen LogP) is 3.00. The number of rotatable bonds is 5. The van der Waals surface area contributed by atoms with Gasteiger partial charge < -0.3 is 30.0 Å². The van der Waals surface area contributed by atoms with Gasteiger partial charge in [0.1, 0.15) is 18.5 Å². The quantitative estimate of drug-likeness (QED) is 0.586. The molecule has 0 spiro atoms. The number of carbonyl (C=O) groups excluding carboxylic acids is 1. The number of nitrogens with zero attached hydrogens (tertiary/aromatic N) is 5. The number of fused-ring (bicyclic) bond motifs is 1. The van der Waals surface area contributed by atoms with Gasteiger partial charge in [-0.15, -0.1) is 0 Å². The molecule has 0 bridgehead atoms. The Morgan fingerprint density at radius 3 is 2.63 bits per heavy atom. The van der Waals surface area contributed by atoms with Gasteiger partial charge in [-0.25, -0.2) is 8.78 Å². The molecule has 11 heteroatoms. The average molecular weight is 531 g/mol. The van der Waals surface area contributed by atoms with Gasteiger partial charge in [0.2, 0.25) is 5.91 Å². The van der Waals surface area contributed by atoms with Crippen LogP contribution in [0.3, 0.4) is 0 Å². The fraction of sp³-hybridized carbons (Fsp3) is 0.556. The van der Waals surface area contributed by atoms with Gasteiger partial charge in [-0.2, -0.15) is 5.01 Å². The Morgan fingerprint density at radius 2 is 1.97 bits per heavy atom. The van der Waals surface area contributed by atoms with Gasteiger partial charge >= 0.3 is 0 Å². The number of carbonyl (C=O) groups is 1. The highest BCUT2D eigenvalue weighted by Gasteiger charge is 2.46. The molecule has 5 rings (SSSR count). The molecule has 2 N–H and O–H groups in total. The second-order valence-corrected chi connectivity index (χ2v) is 10.1. The second-order valence-electron chi connectivity index (χ2n) is 10.1. The van der Waals surface area contributed by atoms with Crippen molar-refractivity contribution in [3.63, 3.8) is 0 Å². The van der Waals surface area contributed by atoms with E-state index in [1.807, 2.05) is 4.90 Å². The molecule has 0 radical (unpaired) electrons. The topological polar surface area (TPSA) is 86.9 Å². The van der Waals surface area contributed by atoms with Gasteiger partial charge in [0, 0.05) is 94.6 Å². The zero-order chi connectivity index (χ0) is 27.0. The highest BCUT2D eigenvalue weighted by molar-refractivity contribution is 6.10. The van der Waals surface area contributed by atoms with Crippen LogP contribution >= 0.6 is 0 Å². The van der Waals surface area contributed by atoms with Crippen molar-refractivity contribution in [1.82, 2.24) is 14.9 Å². The maximum absolute atomic E-state index is 14.4. The molecule has 206 valence electrons.